The van der Waals surface area contributed by atoms with E-state index in [0.717, 1.165) is 44.9 Å². The fourth-order valence-electron chi connectivity index (χ4n) is 5.71. The van der Waals surface area contributed by atoms with Crippen LogP contribution in [0.5, 0.6) is 0 Å². The normalized spacial score (nSPS) is 13.8. The molecule has 0 aromatic carbocycles. The highest BCUT2D eigenvalue weighted by molar-refractivity contribution is 7.46. The molecule has 0 saturated heterocycles. The van der Waals surface area contributed by atoms with Gasteiger partial charge in [0.2, 0.25) is 0 Å². The van der Waals surface area contributed by atoms with Crippen molar-refractivity contribution >= 4 is 19.8 Å². The summed E-state index contributed by atoms with van der Waals surface area (Å²) in [4.78, 5) is 42.9. The van der Waals surface area contributed by atoms with Gasteiger partial charge in [-0.25, -0.2) is 4.57 Å². The van der Waals surface area contributed by atoms with E-state index in [0.29, 0.717) is 19.3 Å². The van der Waals surface area contributed by atoms with Gasteiger partial charge in [0.1, 0.15) is 6.61 Å². The molecule has 0 saturated carbocycles. The molecular formula is C47H79O9P. The van der Waals surface area contributed by atoms with Crippen molar-refractivity contribution in [2.75, 3.05) is 13.2 Å². The Labute approximate surface area is 346 Å². The molecule has 57 heavy (non-hydrogen) atoms. The summed E-state index contributed by atoms with van der Waals surface area (Å²) in [7, 11) is -4.81. The van der Waals surface area contributed by atoms with Crippen molar-refractivity contribution in [1.29, 1.82) is 0 Å². The minimum Gasteiger partial charge on any atom is -0.462 e. The number of phosphoric acid groups is 1. The van der Waals surface area contributed by atoms with Crippen LogP contribution in [-0.2, 0) is 28.2 Å². The summed E-state index contributed by atoms with van der Waals surface area (Å²) in [6, 6.07) is 0. The van der Waals surface area contributed by atoms with Crippen LogP contribution < -0.4 is 0 Å². The molecule has 0 bridgehead atoms. The lowest BCUT2D eigenvalue weighted by Gasteiger charge is -2.18. The van der Waals surface area contributed by atoms with E-state index in [-0.39, 0.29) is 19.4 Å². The van der Waals surface area contributed by atoms with Crippen LogP contribution in [0.3, 0.4) is 0 Å². The van der Waals surface area contributed by atoms with Crippen LogP contribution in [-0.4, -0.2) is 52.3 Å². The quantitative estimate of drug-likeness (QED) is 0.0182. The number of unbranched alkanes of at least 4 members (excludes halogenated alkanes) is 15. The van der Waals surface area contributed by atoms with E-state index in [2.05, 4.69) is 67.0 Å². The summed E-state index contributed by atoms with van der Waals surface area (Å²) < 4.78 is 26.3. The fourth-order valence-corrected chi connectivity index (χ4v) is 6.07. The van der Waals surface area contributed by atoms with Crippen molar-refractivity contribution in [2.45, 2.75) is 187 Å². The Hall–Kier alpha value is -2.81. The molecule has 0 amide bonds. The molecule has 3 N–H and O–H groups in total. The molecule has 0 fully saturated rings. The van der Waals surface area contributed by atoms with Gasteiger partial charge in [0.25, 0.3) is 0 Å². The van der Waals surface area contributed by atoms with Crippen molar-refractivity contribution in [2.24, 2.45) is 0 Å². The number of allylic oxidation sites excluding steroid dienone is 12. The minimum atomic E-state index is -4.81. The van der Waals surface area contributed by atoms with Crippen LogP contribution in [0.15, 0.2) is 85.1 Å². The average molecular weight is 819 g/mol. The molecule has 0 spiro atoms. The molecule has 0 heterocycles. The second-order valence-corrected chi connectivity index (χ2v) is 15.7. The topological polar surface area (TPSA) is 140 Å². The fraction of sp³-hybridized carbons (Fsp3) is 0.660. The van der Waals surface area contributed by atoms with Gasteiger partial charge in [-0.2, -0.15) is 0 Å². The van der Waals surface area contributed by atoms with E-state index < -0.39 is 38.6 Å². The molecule has 326 valence electrons. The predicted molar refractivity (Wildman–Crippen MR) is 236 cm³/mol. The number of carbonyl (C=O) groups excluding carboxylic acids is 2. The molecule has 1 unspecified atom stereocenters. The molecule has 0 aliphatic rings. The van der Waals surface area contributed by atoms with Gasteiger partial charge in [-0.1, -0.05) is 176 Å². The van der Waals surface area contributed by atoms with E-state index >= 15 is 0 Å². The highest BCUT2D eigenvalue weighted by Crippen LogP contribution is 2.36. The van der Waals surface area contributed by atoms with Crippen molar-refractivity contribution in [1.82, 2.24) is 0 Å². The molecule has 0 aliphatic carbocycles. The lowest BCUT2D eigenvalue weighted by molar-refractivity contribution is -0.161. The van der Waals surface area contributed by atoms with Crippen LogP contribution in [0.25, 0.3) is 0 Å². The standard InChI is InChI=1S/C47H79O9P/c1-3-5-7-9-11-13-15-17-18-19-20-21-22-24-26-28-30-32-36-40-46(49)54-42-45(43-55-57(51,52)53)56-47(50)41-37-33-35-39-44(48)38-34-31-29-27-25-23-16-14-12-10-8-6-4-2/h6,8,12,14,17-18,23,25,29,31,33-35,38,44-45,48H,3-5,7,9-11,13,15-16,19-22,24,26-28,30,32,36-37,39-43H2,1-2H3,(H2,51,52,53)/b8-6-,14-12-,18-17-,25-23-,31-29-,35-33-,38-34-/t44?,45-/m1/s1. The zero-order valence-corrected chi connectivity index (χ0v) is 36.5. The third-order valence-corrected chi connectivity index (χ3v) is 9.48. The molecule has 0 aromatic heterocycles. The summed E-state index contributed by atoms with van der Waals surface area (Å²) in [5, 5.41) is 10.2. The Morgan fingerprint density at radius 1 is 0.561 bits per heavy atom. The molecule has 2 atom stereocenters. The maximum absolute atomic E-state index is 12.4. The number of ether oxygens (including phenoxy) is 2. The first-order valence-electron chi connectivity index (χ1n) is 22.0. The number of aliphatic hydroxyl groups is 1. The highest BCUT2D eigenvalue weighted by Gasteiger charge is 2.22. The van der Waals surface area contributed by atoms with Gasteiger partial charge in [-0.15, -0.1) is 0 Å². The average Bonchev–Trinajstić information content (AvgIpc) is 3.18. The van der Waals surface area contributed by atoms with Gasteiger partial charge in [0.15, 0.2) is 6.10 Å². The maximum Gasteiger partial charge on any atom is 0.469 e. The second-order valence-electron chi connectivity index (χ2n) is 14.5. The van der Waals surface area contributed by atoms with Crippen LogP contribution in [0.1, 0.15) is 174 Å². The first-order valence-corrected chi connectivity index (χ1v) is 23.5. The highest BCUT2D eigenvalue weighted by atomic mass is 31.2. The summed E-state index contributed by atoms with van der Waals surface area (Å²) in [6.45, 7) is 3.42. The smallest absolute Gasteiger partial charge is 0.462 e. The Morgan fingerprint density at radius 2 is 1.09 bits per heavy atom. The lowest BCUT2D eigenvalue weighted by Crippen LogP contribution is -2.29. The van der Waals surface area contributed by atoms with Gasteiger partial charge >= 0.3 is 19.8 Å². The van der Waals surface area contributed by atoms with Gasteiger partial charge in [-0.3, -0.25) is 14.1 Å². The van der Waals surface area contributed by atoms with E-state index in [1.165, 1.54) is 83.5 Å². The monoisotopic (exact) mass is 819 g/mol. The van der Waals surface area contributed by atoms with Gasteiger partial charge < -0.3 is 24.4 Å². The molecular weight excluding hydrogens is 739 g/mol. The van der Waals surface area contributed by atoms with Crippen molar-refractivity contribution < 1.29 is 43.0 Å². The lowest BCUT2D eigenvalue weighted by atomic mass is 10.1. The minimum absolute atomic E-state index is 0.00143. The maximum atomic E-state index is 12.4. The molecule has 0 rings (SSSR count). The van der Waals surface area contributed by atoms with Crippen molar-refractivity contribution in [3.05, 3.63) is 85.1 Å². The zero-order chi connectivity index (χ0) is 41.9. The Balaban J connectivity index is 4.12. The van der Waals surface area contributed by atoms with E-state index in [1.807, 2.05) is 12.2 Å². The van der Waals surface area contributed by atoms with Gasteiger partial charge in [-0.05, 0) is 70.6 Å². The molecule has 9 nitrogen and oxygen atoms in total. The first kappa shape index (κ1) is 54.2. The van der Waals surface area contributed by atoms with Crippen molar-refractivity contribution in [3.8, 4) is 0 Å². The van der Waals surface area contributed by atoms with Crippen LogP contribution in [0, 0.1) is 0 Å². The predicted octanol–water partition coefficient (Wildman–Crippen LogP) is 12.6. The number of hydrogen-bond donors (Lipinski definition) is 3. The van der Waals surface area contributed by atoms with E-state index in [9.17, 15) is 19.3 Å². The zero-order valence-electron chi connectivity index (χ0n) is 35.6. The Bertz CT molecular complexity index is 1210. The molecule has 0 aromatic rings. The Morgan fingerprint density at radius 3 is 1.67 bits per heavy atom. The van der Waals surface area contributed by atoms with E-state index in [1.54, 1.807) is 24.3 Å². The summed E-state index contributed by atoms with van der Waals surface area (Å²) in [5.41, 5.74) is 0. The number of aliphatic hydroxyl groups excluding tert-OH is 1. The molecule has 0 aliphatic heterocycles. The van der Waals surface area contributed by atoms with Crippen LogP contribution >= 0.6 is 7.82 Å². The summed E-state index contributed by atoms with van der Waals surface area (Å²) in [5.74, 6) is -1.07. The third-order valence-electron chi connectivity index (χ3n) is 8.99. The number of carbonyl (C=O) groups is 2. The third kappa shape index (κ3) is 44.1. The summed E-state index contributed by atoms with van der Waals surface area (Å²) in [6.07, 6.45) is 51.9. The largest absolute Gasteiger partial charge is 0.469 e. The van der Waals surface area contributed by atoms with Crippen LogP contribution in [0.4, 0.5) is 0 Å². The van der Waals surface area contributed by atoms with Crippen molar-refractivity contribution in [3.63, 3.8) is 0 Å². The number of esters is 2. The molecule has 10 heteroatoms. The summed E-state index contributed by atoms with van der Waals surface area (Å²) >= 11 is 0. The number of rotatable bonds is 39. The SMILES string of the molecule is CC/C=C\C/C=C\C/C=C\C/C=C\C=C/C(O)C/C=C\CCC(=O)O[C@H](COC(=O)CCCCCCCCCCC/C=C\CCCCCCCC)COP(=O)(O)O. The first-order chi connectivity index (χ1) is 27.7. The van der Waals surface area contributed by atoms with Gasteiger partial charge in [0.05, 0.1) is 12.7 Å². The number of phosphoric ester groups is 1. The Kier molecular flexibility index (Phi) is 39.3. The van der Waals surface area contributed by atoms with E-state index in [4.69, 9.17) is 19.3 Å². The number of hydrogen-bond acceptors (Lipinski definition) is 7. The molecule has 0 radical (unpaired) electrons. The van der Waals surface area contributed by atoms with Crippen LogP contribution in [0.2, 0.25) is 0 Å². The second kappa shape index (κ2) is 41.4. The van der Waals surface area contributed by atoms with Gasteiger partial charge in [0, 0.05) is 12.8 Å².